The van der Waals surface area contributed by atoms with Gasteiger partial charge in [-0.25, -0.2) is 0 Å². The van der Waals surface area contributed by atoms with Gasteiger partial charge in [0.2, 0.25) is 0 Å². The van der Waals surface area contributed by atoms with Crippen molar-refractivity contribution in [3.63, 3.8) is 0 Å². The first-order valence-corrected chi connectivity index (χ1v) is 6.18. The van der Waals surface area contributed by atoms with Crippen LogP contribution in [-0.4, -0.2) is 40.3 Å². The predicted octanol–water partition coefficient (Wildman–Crippen LogP) is 2.48. The molecule has 1 aromatic carbocycles. The molecule has 0 N–H and O–H groups in total. The summed E-state index contributed by atoms with van der Waals surface area (Å²) < 4.78 is 21.0. The van der Waals surface area contributed by atoms with Crippen molar-refractivity contribution in [1.82, 2.24) is 0 Å². The van der Waals surface area contributed by atoms with Gasteiger partial charge in [-0.1, -0.05) is 18.2 Å². The van der Waals surface area contributed by atoms with Crippen molar-refractivity contribution in [2.45, 2.75) is 19.1 Å². The van der Waals surface area contributed by atoms with Gasteiger partial charge in [0.1, 0.15) is 5.75 Å². The number of ether oxygens (including phenoxy) is 4. The van der Waals surface area contributed by atoms with Gasteiger partial charge in [-0.15, -0.1) is 0 Å². The van der Waals surface area contributed by atoms with Crippen LogP contribution in [0.3, 0.4) is 0 Å². The van der Waals surface area contributed by atoms with Crippen LogP contribution >= 0.6 is 0 Å². The molecule has 1 rings (SSSR count). The normalized spacial score (nSPS) is 10.8. The standard InChI is InChI=1S/C14H22O4/c1-15-14(16-2)12-17-10-6-7-11-18-13-8-4-3-5-9-13/h3-5,8-9,14H,6-7,10-12H2,1-2H3. The zero-order valence-electron chi connectivity index (χ0n) is 11.1. The van der Waals surface area contributed by atoms with Crippen LogP contribution in [0.5, 0.6) is 5.75 Å². The lowest BCUT2D eigenvalue weighted by Crippen LogP contribution is -2.20. The second kappa shape index (κ2) is 9.88. The second-order valence-electron chi connectivity index (χ2n) is 3.84. The molecule has 0 atom stereocenters. The van der Waals surface area contributed by atoms with Crippen molar-refractivity contribution >= 4 is 0 Å². The molecule has 0 fully saturated rings. The van der Waals surface area contributed by atoms with E-state index >= 15 is 0 Å². The van der Waals surface area contributed by atoms with Crippen LogP contribution < -0.4 is 4.74 Å². The molecule has 0 radical (unpaired) electrons. The summed E-state index contributed by atoms with van der Waals surface area (Å²) in [5.74, 6) is 0.914. The summed E-state index contributed by atoms with van der Waals surface area (Å²) in [6, 6.07) is 9.82. The fourth-order valence-corrected chi connectivity index (χ4v) is 1.42. The fourth-order valence-electron chi connectivity index (χ4n) is 1.42. The van der Waals surface area contributed by atoms with E-state index in [1.807, 2.05) is 30.3 Å². The van der Waals surface area contributed by atoms with E-state index in [0.717, 1.165) is 18.6 Å². The van der Waals surface area contributed by atoms with E-state index < -0.39 is 0 Å². The van der Waals surface area contributed by atoms with Crippen LogP contribution in [0.1, 0.15) is 12.8 Å². The molecule has 0 unspecified atom stereocenters. The highest BCUT2D eigenvalue weighted by atomic mass is 16.7. The molecule has 0 saturated heterocycles. The highest BCUT2D eigenvalue weighted by molar-refractivity contribution is 5.20. The molecule has 0 aliphatic heterocycles. The minimum atomic E-state index is -0.273. The number of rotatable bonds is 10. The third-order valence-electron chi connectivity index (χ3n) is 2.47. The molecule has 0 saturated carbocycles. The van der Waals surface area contributed by atoms with Crippen molar-refractivity contribution in [2.24, 2.45) is 0 Å². The minimum Gasteiger partial charge on any atom is -0.494 e. The average Bonchev–Trinajstić information content (AvgIpc) is 2.43. The van der Waals surface area contributed by atoms with Crippen molar-refractivity contribution < 1.29 is 18.9 Å². The highest BCUT2D eigenvalue weighted by Crippen LogP contribution is 2.08. The Bertz CT molecular complexity index is 285. The van der Waals surface area contributed by atoms with Gasteiger partial charge in [-0.3, -0.25) is 0 Å². The Kier molecular flexibility index (Phi) is 8.21. The molecule has 102 valence electrons. The molecule has 0 aliphatic rings. The Hall–Kier alpha value is -1.10. The Morgan fingerprint density at radius 1 is 0.944 bits per heavy atom. The van der Waals surface area contributed by atoms with Crippen LogP contribution in [0, 0.1) is 0 Å². The van der Waals surface area contributed by atoms with E-state index in [4.69, 9.17) is 18.9 Å². The Morgan fingerprint density at radius 2 is 1.61 bits per heavy atom. The molecule has 0 amide bonds. The Balaban J connectivity index is 1.93. The minimum absolute atomic E-state index is 0.273. The largest absolute Gasteiger partial charge is 0.494 e. The molecule has 4 heteroatoms. The molecule has 4 nitrogen and oxygen atoms in total. The molecular formula is C14H22O4. The summed E-state index contributed by atoms with van der Waals surface area (Å²) in [7, 11) is 3.20. The topological polar surface area (TPSA) is 36.9 Å². The van der Waals surface area contributed by atoms with Gasteiger partial charge in [0, 0.05) is 20.8 Å². The third-order valence-corrected chi connectivity index (χ3v) is 2.47. The van der Waals surface area contributed by atoms with Crippen LogP contribution in [0.4, 0.5) is 0 Å². The summed E-state index contributed by atoms with van der Waals surface area (Å²) >= 11 is 0. The number of unbranched alkanes of at least 4 members (excludes halogenated alkanes) is 1. The first-order chi connectivity index (χ1) is 8.86. The summed E-state index contributed by atoms with van der Waals surface area (Å²) in [5.41, 5.74) is 0. The lowest BCUT2D eigenvalue weighted by molar-refractivity contribution is -0.140. The van der Waals surface area contributed by atoms with Gasteiger partial charge in [0.15, 0.2) is 6.29 Å². The monoisotopic (exact) mass is 254 g/mol. The Labute approximate surface area is 109 Å². The average molecular weight is 254 g/mol. The van der Waals surface area contributed by atoms with E-state index in [-0.39, 0.29) is 6.29 Å². The van der Waals surface area contributed by atoms with E-state index in [1.165, 1.54) is 0 Å². The number of benzene rings is 1. The van der Waals surface area contributed by atoms with Gasteiger partial charge in [0.05, 0.1) is 13.2 Å². The molecule has 0 aliphatic carbocycles. The van der Waals surface area contributed by atoms with Crippen molar-refractivity contribution in [3.8, 4) is 5.75 Å². The summed E-state index contributed by atoms with van der Waals surface area (Å²) in [4.78, 5) is 0. The molecule has 18 heavy (non-hydrogen) atoms. The molecular weight excluding hydrogens is 232 g/mol. The van der Waals surface area contributed by atoms with Gasteiger partial charge >= 0.3 is 0 Å². The van der Waals surface area contributed by atoms with E-state index in [9.17, 15) is 0 Å². The van der Waals surface area contributed by atoms with E-state index in [1.54, 1.807) is 14.2 Å². The number of hydrogen-bond donors (Lipinski definition) is 0. The smallest absolute Gasteiger partial charge is 0.180 e. The lowest BCUT2D eigenvalue weighted by Gasteiger charge is -2.13. The van der Waals surface area contributed by atoms with E-state index in [2.05, 4.69) is 0 Å². The molecule has 0 aromatic heterocycles. The van der Waals surface area contributed by atoms with Gasteiger partial charge in [-0.05, 0) is 25.0 Å². The van der Waals surface area contributed by atoms with E-state index in [0.29, 0.717) is 19.8 Å². The first-order valence-electron chi connectivity index (χ1n) is 6.18. The second-order valence-corrected chi connectivity index (χ2v) is 3.84. The van der Waals surface area contributed by atoms with Crippen LogP contribution in [0.15, 0.2) is 30.3 Å². The van der Waals surface area contributed by atoms with Crippen LogP contribution in [-0.2, 0) is 14.2 Å². The van der Waals surface area contributed by atoms with Crippen LogP contribution in [0.25, 0.3) is 0 Å². The fraction of sp³-hybridized carbons (Fsp3) is 0.571. The number of hydrogen-bond acceptors (Lipinski definition) is 4. The van der Waals surface area contributed by atoms with Gasteiger partial charge < -0.3 is 18.9 Å². The van der Waals surface area contributed by atoms with Crippen molar-refractivity contribution in [1.29, 1.82) is 0 Å². The maximum Gasteiger partial charge on any atom is 0.180 e. The third kappa shape index (κ3) is 6.59. The van der Waals surface area contributed by atoms with Gasteiger partial charge in [-0.2, -0.15) is 0 Å². The van der Waals surface area contributed by atoms with Crippen LogP contribution in [0.2, 0.25) is 0 Å². The molecule has 1 aromatic rings. The summed E-state index contributed by atoms with van der Waals surface area (Å²) in [6.45, 7) is 1.87. The van der Waals surface area contributed by atoms with Crippen molar-refractivity contribution in [3.05, 3.63) is 30.3 Å². The number of methoxy groups -OCH3 is 2. The number of para-hydroxylation sites is 1. The predicted molar refractivity (Wildman–Crippen MR) is 69.8 cm³/mol. The zero-order valence-corrected chi connectivity index (χ0v) is 11.1. The van der Waals surface area contributed by atoms with Crippen molar-refractivity contribution in [2.75, 3.05) is 34.0 Å². The first kappa shape index (κ1) is 15.0. The maximum atomic E-state index is 5.57. The SMILES string of the molecule is COC(COCCCCOc1ccccc1)OC. The van der Waals surface area contributed by atoms with Gasteiger partial charge in [0.25, 0.3) is 0 Å². The molecule has 0 bridgehead atoms. The quantitative estimate of drug-likeness (QED) is 0.475. The lowest BCUT2D eigenvalue weighted by atomic mass is 10.3. The summed E-state index contributed by atoms with van der Waals surface area (Å²) in [6.07, 6.45) is 1.66. The maximum absolute atomic E-state index is 5.57. The summed E-state index contributed by atoms with van der Waals surface area (Å²) in [5, 5.41) is 0. The Morgan fingerprint density at radius 3 is 2.28 bits per heavy atom. The molecule has 0 spiro atoms. The highest BCUT2D eigenvalue weighted by Gasteiger charge is 2.03. The molecule has 0 heterocycles. The zero-order chi connectivity index (χ0) is 13.1.